The third-order valence-electron chi connectivity index (χ3n) is 4.24. The second-order valence-corrected chi connectivity index (χ2v) is 6.53. The van der Waals surface area contributed by atoms with Crippen LogP contribution in [-0.2, 0) is 4.79 Å². The van der Waals surface area contributed by atoms with Crippen LogP contribution in [0.5, 0.6) is 0 Å². The molecule has 3 fully saturated rings. The normalized spacial score (nSPS) is 43.9. The van der Waals surface area contributed by atoms with Gasteiger partial charge in [-0.05, 0) is 38.0 Å². The number of thioether (sulfide) groups is 1. The summed E-state index contributed by atoms with van der Waals surface area (Å²) in [6.07, 6.45) is 3.80. The van der Waals surface area contributed by atoms with Gasteiger partial charge in [0.15, 0.2) is 0 Å². The summed E-state index contributed by atoms with van der Waals surface area (Å²) in [7, 11) is 0. The average molecular weight is 225 g/mol. The van der Waals surface area contributed by atoms with Crippen LogP contribution in [0.3, 0.4) is 0 Å². The quantitative estimate of drug-likeness (QED) is 0.680. The minimum absolute atomic E-state index is 0.388. The first-order valence-corrected chi connectivity index (χ1v) is 7.29. The van der Waals surface area contributed by atoms with Crippen LogP contribution >= 0.6 is 11.8 Å². The minimum Gasteiger partial charge on any atom is -0.338 e. The number of rotatable bonds is 1. The summed E-state index contributed by atoms with van der Waals surface area (Å²) in [5.74, 6) is 4.97. The van der Waals surface area contributed by atoms with Crippen LogP contribution in [-0.4, -0.2) is 34.9 Å². The molecule has 0 radical (unpaired) electrons. The third kappa shape index (κ3) is 1.79. The molecule has 0 aromatic rings. The Bertz CT molecular complexity index is 271. The molecule has 2 nitrogen and oxygen atoms in total. The molecule has 1 saturated heterocycles. The summed E-state index contributed by atoms with van der Waals surface area (Å²) < 4.78 is 0. The lowest BCUT2D eigenvalue weighted by atomic mass is 10.0. The van der Waals surface area contributed by atoms with E-state index in [1.165, 1.54) is 19.3 Å². The zero-order valence-corrected chi connectivity index (χ0v) is 10.1. The lowest BCUT2D eigenvalue weighted by Gasteiger charge is -2.35. The molecule has 3 aliphatic rings. The number of nitrogens with zero attached hydrogens (tertiary/aromatic N) is 1. The van der Waals surface area contributed by atoms with Crippen molar-refractivity contribution in [2.45, 2.75) is 32.2 Å². The summed E-state index contributed by atoms with van der Waals surface area (Å²) in [5, 5.41) is 0. The maximum Gasteiger partial charge on any atom is 0.225 e. The Hall–Kier alpha value is -0.180. The lowest BCUT2D eigenvalue weighted by Crippen LogP contribution is -2.46. The molecule has 2 saturated carbocycles. The number of hydrogen-bond acceptors (Lipinski definition) is 2. The zero-order chi connectivity index (χ0) is 10.4. The van der Waals surface area contributed by atoms with Gasteiger partial charge in [0, 0.05) is 30.0 Å². The van der Waals surface area contributed by atoms with Crippen LogP contribution in [0.15, 0.2) is 0 Å². The molecule has 84 valence electrons. The largest absolute Gasteiger partial charge is 0.338 e. The van der Waals surface area contributed by atoms with E-state index in [0.717, 1.165) is 29.9 Å². The Kier molecular flexibility index (Phi) is 2.46. The lowest BCUT2D eigenvalue weighted by molar-refractivity contribution is -0.137. The molecule has 3 atom stereocenters. The summed E-state index contributed by atoms with van der Waals surface area (Å²) in [6, 6.07) is 0.466. The van der Waals surface area contributed by atoms with E-state index in [1.54, 1.807) is 0 Å². The highest BCUT2D eigenvalue weighted by atomic mass is 32.2. The third-order valence-corrected chi connectivity index (χ3v) is 5.43. The van der Waals surface area contributed by atoms with Crippen LogP contribution in [0.25, 0.3) is 0 Å². The molecule has 15 heavy (non-hydrogen) atoms. The van der Waals surface area contributed by atoms with E-state index in [4.69, 9.17) is 0 Å². The van der Waals surface area contributed by atoms with E-state index in [2.05, 4.69) is 11.8 Å². The van der Waals surface area contributed by atoms with Crippen molar-refractivity contribution in [3.8, 4) is 0 Å². The van der Waals surface area contributed by atoms with E-state index in [0.29, 0.717) is 17.9 Å². The Morgan fingerprint density at radius 3 is 2.67 bits per heavy atom. The van der Waals surface area contributed by atoms with Crippen LogP contribution in [0.4, 0.5) is 0 Å². The molecular formula is C12H19NOS. The van der Waals surface area contributed by atoms with Gasteiger partial charge in [0.1, 0.15) is 0 Å². The van der Waals surface area contributed by atoms with Gasteiger partial charge < -0.3 is 4.90 Å². The fraction of sp³-hybridized carbons (Fsp3) is 0.917. The molecule has 1 aliphatic heterocycles. The average Bonchev–Trinajstić information content (AvgIpc) is 2.86. The van der Waals surface area contributed by atoms with Gasteiger partial charge in [0.25, 0.3) is 0 Å². The highest BCUT2D eigenvalue weighted by Crippen LogP contribution is 2.54. The van der Waals surface area contributed by atoms with Crippen LogP contribution in [0.2, 0.25) is 0 Å². The second-order valence-electron chi connectivity index (χ2n) is 5.38. The topological polar surface area (TPSA) is 20.3 Å². The van der Waals surface area contributed by atoms with Crippen LogP contribution in [0.1, 0.15) is 26.2 Å². The fourth-order valence-electron chi connectivity index (χ4n) is 3.21. The van der Waals surface area contributed by atoms with Gasteiger partial charge in [-0.1, -0.05) is 0 Å². The number of fused-ring (bicyclic) bond motifs is 1. The summed E-state index contributed by atoms with van der Waals surface area (Å²) in [5.41, 5.74) is 0. The van der Waals surface area contributed by atoms with E-state index in [-0.39, 0.29) is 0 Å². The van der Waals surface area contributed by atoms with Crippen molar-refractivity contribution < 1.29 is 4.79 Å². The standard InChI is InChI=1S/C12H19NOS/c1-8-7-15-3-2-13(8)12(14)11-5-9-4-10(9)6-11/h8-11H,2-7H2,1H3. The van der Waals surface area contributed by atoms with Crippen molar-refractivity contribution in [3.05, 3.63) is 0 Å². The Balaban J connectivity index is 1.62. The van der Waals surface area contributed by atoms with Crippen molar-refractivity contribution in [3.63, 3.8) is 0 Å². The number of carbonyl (C=O) groups excluding carboxylic acids is 1. The van der Waals surface area contributed by atoms with Gasteiger partial charge in [-0.15, -0.1) is 0 Å². The first kappa shape index (κ1) is 10.0. The van der Waals surface area contributed by atoms with Crippen LogP contribution in [0, 0.1) is 17.8 Å². The number of carbonyl (C=O) groups is 1. The predicted molar refractivity (Wildman–Crippen MR) is 62.8 cm³/mol. The molecule has 0 N–H and O–H groups in total. The molecule has 0 aromatic heterocycles. The molecule has 0 spiro atoms. The van der Waals surface area contributed by atoms with Gasteiger partial charge in [-0.3, -0.25) is 4.79 Å². The number of amides is 1. The molecule has 0 aromatic carbocycles. The Morgan fingerprint density at radius 2 is 2.00 bits per heavy atom. The molecule has 1 heterocycles. The smallest absolute Gasteiger partial charge is 0.225 e. The van der Waals surface area contributed by atoms with Gasteiger partial charge in [0.05, 0.1) is 0 Å². The van der Waals surface area contributed by atoms with Gasteiger partial charge in [-0.25, -0.2) is 0 Å². The first-order valence-electron chi connectivity index (χ1n) is 6.14. The van der Waals surface area contributed by atoms with Gasteiger partial charge in [0.2, 0.25) is 5.91 Å². The highest BCUT2D eigenvalue weighted by Gasteiger charge is 2.49. The Labute approximate surface area is 95.8 Å². The predicted octanol–water partition coefficient (Wildman–Crippen LogP) is 2.00. The van der Waals surface area contributed by atoms with Crippen molar-refractivity contribution in [2.75, 3.05) is 18.1 Å². The Morgan fingerprint density at radius 1 is 1.27 bits per heavy atom. The van der Waals surface area contributed by atoms with E-state index in [1.807, 2.05) is 11.8 Å². The molecular weight excluding hydrogens is 206 g/mol. The van der Waals surface area contributed by atoms with Crippen molar-refractivity contribution in [2.24, 2.45) is 17.8 Å². The molecule has 0 bridgehead atoms. The van der Waals surface area contributed by atoms with E-state index < -0.39 is 0 Å². The summed E-state index contributed by atoms with van der Waals surface area (Å²) in [6.45, 7) is 3.18. The van der Waals surface area contributed by atoms with Gasteiger partial charge in [-0.2, -0.15) is 11.8 Å². The summed E-state index contributed by atoms with van der Waals surface area (Å²) >= 11 is 1.98. The highest BCUT2D eigenvalue weighted by molar-refractivity contribution is 7.99. The molecule has 3 unspecified atom stereocenters. The van der Waals surface area contributed by atoms with Gasteiger partial charge >= 0.3 is 0 Å². The molecule has 1 amide bonds. The molecule has 2 aliphatic carbocycles. The van der Waals surface area contributed by atoms with E-state index in [9.17, 15) is 4.79 Å². The monoisotopic (exact) mass is 225 g/mol. The van der Waals surface area contributed by atoms with Crippen molar-refractivity contribution in [1.82, 2.24) is 4.90 Å². The van der Waals surface area contributed by atoms with Crippen molar-refractivity contribution >= 4 is 17.7 Å². The van der Waals surface area contributed by atoms with Crippen LogP contribution < -0.4 is 0 Å². The number of hydrogen-bond donors (Lipinski definition) is 0. The zero-order valence-electron chi connectivity index (χ0n) is 9.32. The first-order chi connectivity index (χ1) is 7.25. The SMILES string of the molecule is CC1CSCCN1C(=O)C1CC2CC2C1. The maximum absolute atomic E-state index is 12.3. The minimum atomic E-state index is 0.388. The van der Waals surface area contributed by atoms with E-state index >= 15 is 0 Å². The maximum atomic E-state index is 12.3. The second kappa shape index (κ2) is 3.69. The molecule has 3 heteroatoms. The molecule has 3 rings (SSSR count). The summed E-state index contributed by atoms with van der Waals surface area (Å²) in [4.78, 5) is 14.4. The van der Waals surface area contributed by atoms with Crippen molar-refractivity contribution in [1.29, 1.82) is 0 Å². The fourth-order valence-corrected chi connectivity index (χ4v) is 4.22.